The van der Waals surface area contributed by atoms with Crippen molar-refractivity contribution in [1.29, 1.82) is 0 Å². The van der Waals surface area contributed by atoms with E-state index in [2.05, 4.69) is 4.72 Å². The van der Waals surface area contributed by atoms with Gasteiger partial charge in [0.2, 0.25) is 5.91 Å². The fourth-order valence-electron chi connectivity index (χ4n) is 5.66. The monoisotopic (exact) mass is 679 g/mol. The molecule has 11 heteroatoms. The summed E-state index contributed by atoms with van der Waals surface area (Å²) in [5.74, 6) is -0.325. The van der Waals surface area contributed by atoms with Gasteiger partial charge in [-0.3, -0.25) is 14.3 Å². The summed E-state index contributed by atoms with van der Waals surface area (Å²) in [6.07, 6.45) is 2.01. The Hall–Kier alpha value is -3.93. The second-order valence-electron chi connectivity index (χ2n) is 12.9. The normalized spacial score (nSPS) is 20.2. The maximum atomic E-state index is 14.4. The molecule has 0 bridgehead atoms. The van der Waals surface area contributed by atoms with Crippen LogP contribution in [0.4, 0.5) is 5.69 Å². The molecule has 4 atom stereocenters. The Balaban J connectivity index is 1.63. The molecule has 1 aliphatic rings. The van der Waals surface area contributed by atoms with Gasteiger partial charge < -0.3 is 24.4 Å². The second kappa shape index (κ2) is 16.9. The van der Waals surface area contributed by atoms with Crippen LogP contribution < -0.4 is 9.46 Å². The van der Waals surface area contributed by atoms with Gasteiger partial charge in [0.25, 0.3) is 15.9 Å². The number of nitrogens with one attached hydrogen (secondary N) is 1. The number of hydrogen-bond donors (Lipinski definition) is 2. The molecule has 1 aliphatic heterocycles. The van der Waals surface area contributed by atoms with Crippen LogP contribution in [0.2, 0.25) is 0 Å². The SMILES string of the molecule is Cc1ccc(S(=O)(=O)Nc2ccc3c(c2)C(=O)N([C@H](C)CO)C[C@@H](C)[C@@H](CN(C)C(=O)Cc2ccccc2)OCCCC[C@H](C)O3)cc1. The molecule has 0 aromatic heterocycles. The number of carbonyl (C=O) groups is 2. The molecule has 2 amide bonds. The zero-order valence-electron chi connectivity index (χ0n) is 28.6. The van der Waals surface area contributed by atoms with E-state index in [1.807, 2.05) is 51.1 Å². The number of anilines is 1. The molecule has 0 saturated heterocycles. The van der Waals surface area contributed by atoms with Gasteiger partial charge in [-0.25, -0.2) is 8.42 Å². The molecular weight excluding hydrogens is 630 g/mol. The minimum absolute atomic E-state index is 0.0337. The van der Waals surface area contributed by atoms with Crippen LogP contribution in [-0.4, -0.2) is 86.7 Å². The third kappa shape index (κ3) is 10.0. The average Bonchev–Trinajstić information content (AvgIpc) is 3.06. The first-order valence-corrected chi connectivity index (χ1v) is 18.1. The van der Waals surface area contributed by atoms with E-state index >= 15 is 0 Å². The third-order valence-electron chi connectivity index (χ3n) is 8.71. The Morgan fingerprint density at radius 1 is 1.06 bits per heavy atom. The lowest BCUT2D eigenvalue weighted by molar-refractivity contribution is -0.131. The van der Waals surface area contributed by atoms with Crippen LogP contribution >= 0.6 is 0 Å². The molecule has 48 heavy (non-hydrogen) atoms. The van der Waals surface area contributed by atoms with E-state index in [9.17, 15) is 23.1 Å². The van der Waals surface area contributed by atoms with Crippen molar-refractivity contribution in [2.75, 3.05) is 38.1 Å². The summed E-state index contributed by atoms with van der Waals surface area (Å²) in [6.45, 7) is 8.31. The van der Waals surface area contributed by atoms with Gasteiger partial charge in [0.05, 0.1) is 41.7 Å². The van der Waals surface area contributed by atoms with Crippen molar-refractivity contribution in [3.8, 4) is 5.75 Å². The smallest absolute Gasteiger partial charge is 0.261 e. The van der Waals surface area contributed by atoms with Crippen molar-refractivity contribution < 1.29 is 32.6 Å². The number of benzene rings is 3. The standard InChI is InChI=1S/C37H49N3O7S/c1-26-14-17-32(18-15-26)48(44,45)38-31-16-19-34-33(22-31)37(43)40(28(3)25-41)23-27(2)35(46-20-10-9-11-29(4)47-34)24-39(5)36(42)21-30-12-7-6-8-13-30/h6-8,12-19,22,27-29,35,38,41H,9-11,20-21,23-25H2,1-5H3/t27-,28-,29+,35-/m1/s1. The summed E-state index contributed by atoms with van der Waals surface area (Å²) in [5.41, 5.74) is 2.26. The van der Waals surface area contributed by atoms with Gasteiger partial charge in [-0.15, -0.1) is 0 Å². The van der Waals surface area contributed by atoms with Gasteiger partial charge in [-0.2, -0.15) is 0 Å². The predicted molar refractivity (Wildman–Crippen MR) is 187 cm³/mol. The Labute approximate surface area is 285 Å². The van der Waals surface area contributed by atoms with Crippen LogP contribution in [0, 0.1) is 12.8 Å². The van der Waals surface area contributed by atoms with Crippen LogP contribution in [0.5, 0.6) is 5.75 Å². The van der Waals surface area contributed by atoms with E-state index in [1.165, 1.54) is 18.2 Å². The molecule has 0 saturated carbocycles. The number of likely N-dealkylation sites (N-methyl/N-ethyl adjacent to an activating group) is 1. The van der Waals surface area contributed by atoms with Crippen molar-refractivity contribution in [1.82, 2.24) is 9.80 Å². The summed E-state index contributed by atoms with van der Waals surface area (Å²) in [4.78, 5) is 30.9. The van der Waals surface area contributed by atoms with Crippen LogP contribution in [0.25, 0.3) is 0 Å². The highest BCUT2D eigenvalue weighted by atomic mass is 32.2. The molecule has 0 spiro atoms. The Morgan fingerprint density at radius 2 is 1.77 bits per heavy atom. The van der Waals surface area contributed by atoms with Gasteiger partial charge in [0.1, 0.15) is 5.75 Å². The number of nitrogens with zero attached hydrogens (tertiary/aromatic N) is 2. The highest BCUT2D eigenvalue weighted by Gasteiger charge is 2.31. The number of aliphatic hydroxyl groups excluding tert-OH is 1. The first-order valence-electron chi connectivity index (χ1n) is 16.6. The number of fused-ring (bicyclic) bond motifs is 1. The van der Waals surface area contributed by atoms with Crippen LogP contribution in [0.15, 0.2) is 77.7 Å². The third-order valence-corrected chi connectivity index (χ3v) is 10.1. The maximum Gasteiger partial charge on any atom is 0.261 e. The van der Waals surface area contributed by atoms with Crippen molar-refractivity contribution in [3.63, 3.8) is 0 Å². The van der Waals surface area contributed by atoms with Gasteiger partial charge in [-0.05, 0) is 75.9 Å². The van der Waals surface area contributed by atoms with Gasteiger partial charge >= 0.3 is 0 Å². The zero-order valence-corrected chi connectivity index (χ0v) is 29.4. The number of hydrogen-bond acceptors (Lipinski definition) is 7. The van der Waals surface area contributed by atoms with E-state index in [-0.39, 0.29) is 59.8 Å². The van der Waals surface area contributed by atoms with Crippen molar-refractivity contribution >= 4 is 27.5 Å². The average molecular weight is 680 g/mol. The zero-order chi connectivity index (χ0) is 34.8. The molecule has 3 aromatic rings. The molecule has 1 heterocycles. The van der Waals surface area contributed by atoms with Crippen LogP contribution in [0.1, 0.15) is 61.5 Å². The number of rotatable bonds is 9. The minimum atomic E-state index is -3.93. The number of amides is 2. The predicted octanol–water partition coefficient (Wildman–Crippen LogP) is 5.29. The van der Waals surface area contributed by atoms with E-state index in [0.29, 0.717) is 25.3 Å². The number of ether oxygens (including phenoxy) is 2. The fourth-order valence-corrected chi connectivity index (χ4v) is 6.71. The molecule has 2 N–H and O–H groups in total. The number of sulfonamides is 1. The lowest BCUT2D eigenvalue weighted by Gasteiger charge is -2.36. The molecule has 0 unspecified atom stereocenters. The van der Waals surface area contributed by atoms with Crippen molar-refractivity contribution in [2.24, 2.45) is 5.92 Å². The van der Waals surface area contributed by atoms with Crippen LogP contribution in [-0.2, 0) is 26.0 Å². The highest BCUT2D eigenvalue weighted by molar-refractivity contribution is 7.92. The quantitative estimate of drug-likeness (QED) is 0.315. The number of aryl methyl sites for hydroxylation is 1. The summed E-state index contributed by atoms with van der Waals surface area (Å²) in [7, 11) is -2.16. The Bertz CT molecular complexity index is 1620. The fraction of sp³-hybridized carbons (Fsp3) is 0.459. The number of aliphatic hydroxyl groups is 1. The summed E-state index contributed by atoms with van der Waals surface area (Å²) in [5, 5.41) is 10.2. The van der Waals surface area contributed by atoms with Crippen molar-refractivity contribution in [3.05, 3.63) is 89.5 Å². The minimum Gasteiger partial charge on any atom is -0.490 e. The van der Waals surface area contributed by atoms with Gasteiger partial charge in [0, 0.05) is 38.3 Å². The summed E-state index contributed by atoms with van der Waals surface area (Å²) >= 11 is 0. The summed E-state index contributed by atoms with van der Waals surface area (Å²) < 4.78 is 41.7. The first kappa shape index (κ1) is 36.9. The lowest BCUT2D eigenvalue weighted by atomic mass is 10.0. The highest BCUT2D eigenvalue weighted by Crippen LogP contribution is 2.29. The molecule has 0 radical (unpaired) electrons. The van der Waals surface area contributed by atoms with E-state index in [4.69, 9.17) is 9.47 Å². The lowest BCUT2D eigenvalue weighted by Crippen LogP contribution is -2.48. The first-order chi connectivity index (χ1) is 22.9. The van der Waals surface area contributed by atoms with E-state index in [1.54, 1.807) is 48.0 Å². The topological polar surface area (TPSA) is 125 Å². The molecule has 3 aromatic carbocycles. The second-order valence-corrected chi connectivity index (χ2v) is 14.5. The molecule has 4 rings (SSSR count). The van der Waals surface area contributed by atoms with E-state index in [0.717, 1.165) is 24.0 Å². The Morgan fingerprint density at radius 3 is 2.46 bits per heavy atom. The van der Waals surface area contributed by atoms with Gasteiger partial charge in [-0.1, -0.05) is 55.0 Å². The van der Waals surface area contributed by atoms with E-state index < -0.39 is 22.0 Å². The number of carbonyl (C=O) groups excluding carboxylic acids is 2. The maximum absolute atomic E-state index is 14.4. The largest absolute Gasteiger partial charge is 0.490 e. The molecule has 10 nitrogen and oxygen atoms in total. The molecule has 0 fully saturated rings. The summed E-state index contributed by atoms with van der Waals surface area (Å²) in [6, 6.07) is 20.2. The molecule has 0 aliphatic carbocycles. The van der Waals surface area contributed by atoms with Crippen LogP contribution in [0.3, 0.4) is 0 Å². The van der Waals surface area contributed by atoms with Gasteiger partial charge in [0.15, 0.2) is 0 Å². The Kier molecular flexibility index (Phi) is 13.0. The molecule has 260 valence electrons. The molecular formula is C37H49N3O7S. The van der Waals surface area contributed by atoms with Crippen molar-refractivity contribution in [2.45, 2.75) is 76.5 Å².